The number of alkyl halides is 3. The van der Waals surface area contributed by atoms with Crippen molar-refractivity contribution in [3.05, 3.63) is 71.6 Å². The summed E-state index contributed by atoms with van der Waals surface area (Å²) in [5, 5.41) is 6.69. The first-order valence-electron chi connectivity index (χ1n) is 8.96. The van der Waals surface area contributed by atoms with Crippen molar-refractivity contribution in [1.29, 1.82) is 0 Å². The van der Waals surface area contributed by atoms with Gasteiger partial charge in [-0.2, -0.15) is 18.2 Å². The zero-order valence-corrected chi connectivity index (χ0v) is 16.2. The van der Waals surface area contributed by atoms with Gasteiger partial charge in [0.05, 0.1) is 13.7 Å². The molecule has 162 valence electrons. The van der Waals surface area contributed by atoms with E-state index in [0.29, 0.717) is 11.1 Å². The third-order valence-corrected chi connectivity index (χ3v) is 4.14. The maximum atomic E-state index is 12.6. The highest BCUT2D eigenvalue weighted by Crippen LogP contribution is 2.29. The Balaban J connectivity index is 1.61. The number of aromatic nitrogens is 2. The molecule has 0 fully saturated rings. The van der Waals surface area contributed by atoms with Gasteiger partial charge >= 0.3 is 23.9 Å². The van der Waals surface area contributed by atoms with Gasteiger partial charge in [0.2, 0.25) is 5.82 Å². The number of halogens is 3. The molecule has 0 unspecified atom stereocenters. The number of nitrogens with one attached hydrogen (secondary N) is 1. The second kappa shape index (κ2) is 9.39. The predicted molar refractivity (Wildman–Crippen MR) is 101 cm³/mol. The first-order chi connectivity index (χ1) is 14.8. The topological polar surface area (TPSA) is 97.6 Å². The van der Waals surface area contributed by atoms with E-state index in [9.17, 15) is 22.8 Å². The largest absolute Gasteiger partial charge is 0.471 e. The molecule has 3 rings (SSSR count). The summed E-state index contributed by atoms with van der Waals surface area (Å²) >= 11 is 0. The Morgan fingerprint density at radius 3 is 2.32 bits per heavy atom. The molecule has 0 spiro atoms. The highest BCUT2D eigenvalue weighted by molar-refractivity contribution is 6.34. The maximum absolute atomic E-state index is 12.6. The van der Waals surface area contributed by atoms with Crippen LogP contribution in [0.25, 0.3) is 11.4 Å². The third kappa shape index (κ3) is 5.66. The van der Waals surface area contributed by atoms with Crippen molar-refractivity contribution in [2.24, 2.45) is 0 Å². The van der Waals surface area contributed by atoms with Crippen LogP contribution in [-0.4, -0.2) is 34.1 Å². The van der Waals surface area contributed by atoms with Crippen molar-refractivity contribution in [2.75, 3.05) is 7.11 Å². The molecule has 0 atom stereocenters. The molecule has 3 aromatic rings. The first-order valence-corrected chi connectivity index (χ1v) is 8.96. The van der Waals surface area contributed by atoms with E-state index in [1.165, 1.54) is 19.2 Å². The van der Waals surface area contributed by atoms with Gasteiger partial charge < -0.3 is 9.84 Å². The molecule has 0 radical (unpaired) electrons. The molecule has 0 aliphatic rings. The van der Waals surface area contributed by atoms with Gasteiger partial charge in [-0.1, -0.05) is 59.8 Å². The zero-order valence-electron chi connectivity index (χ0n) is 16.2. The monoisotopic (exact) mass is 434 g/mol. The minimum Gasteiger partial charge on any atom is -0.344 e. The summed E-state index contributed by atoms with van der Waals surface area (Å²) in [6.07, 6.45) is -4.73. The second-order valence-electron chi connectivity index (χ2n) is 6.31. The van der Waals surface area contributed by atoms with E-state index >= 15 is 0 Å². The summed E-state index contributed by atoms with van der Waals surface area (Å²) in [6.45, 7) is 0.122. The van der Waals surface area contributed by atoms with Gasteiger partial charge in [0.25, 0.3) is 0 Å². The zero-order chi connectivity index (χ0) is 22.4. The summed E-state index contributed by atoms with van der Waals surface area (Å²) in [4.78, 5) is 32.8. The smallest absolute Gasteiger partial charge is 0.344 e. The van der Waals surface area contributed by atoms with Gasteiger partial charge in [0.1, 0.15) is 0 Å². The number of amides is 2. The molecule has 1 N–H and O–H groups in total. The fourth-order valence-corrected chi connectivity index (χ4v) is 2.57. The van der Waals surface area contributed by atoms with Crippen LogP contribution < -0.4 is 5.32 Å². The van der Waals surface area contributed by atoms with Gasteiger partial charge in [-0.05, 0) is 11.1 Å². The van der Waals surface area contributed by atoms with Gasteiger partial charge in [-0.3, -0.25) is 14.4 Å². The molecule has 2 aromatic carbocycles. The summed E-state index contributed by atoms with van der Waals surface area (Å²) in [6, 6.07) is 15.1. The van der Waals surface area contributed by atoms with E-state index in [0.717, 1.165) is 10.6 Å². The summed E-state index contributed by atoms with van der Waals surface area (Å²) < 4.78 is 41.9. The SMILES string of the molecule is CON(Cc1ccc(-c2noc(C(F)(F)F)n2)cc1)C(=O)C(=O)NCc1ccccc1. The molecule has 2 amide bonds. The van der Waals surface area contributed by atoms with Crippen molar-refractivity contribution in [1.82, 2.24) is 20.5 Å². The Morgan fingerprint density at radius 2 is 1.74 bits per heavy atom. The van der Waals surface area contributed by atoms with Crippen molar-refractivity contribution in [3.8, 4) is 11.4 Å². The fraction of sp³-hybridized carbons (Fsp3) is 0.200. The molecule has 0 saturated carbocycles. The Bertz CT molecular complexity index is 1040. The Labute approximate surface area is 174 Å². The van der Waals surface area contributed by atoms with Crippen LogP contribution in [0.1, 0.15) is 17.0 Å². The van der Waals surface area contributed by atoms with Crippen LogP contribution in [0, 0.1) is 0 Å². The highest BCUT2D eigenvalue weighted by Gasteiger charge is 2.38. The number of carbonyl (C=O) groups is 2. The average molecular weight is 434 g/mol. The van der Waals surface area contributed by atoms with E-state index in [2.05, 4.69) is 20.0 Å². The molecule has 0 saturated heterocycles. The van der Waals surface area contributed by atoms with Crippen LogP contribution >= 0.6 is 0 Å². The molecule has 0 aliphatic heterocycles. The first kappa shape index (κ1) is 22.0. The lowest BCUT2D eigenvalue weighted by molar-refractivity contribution is -0.182. The number of rotatable bonds is 6. The van der Waals surface area contributed by atoms with Gasteiger partial charge in [-0.25, -0.2) is 5.06 Å². The number of nitrogens with zero attached hydrogens (tertiary/aromatic N) is 3. The van der Waals surface area contributed by atoms with Crippen LogP contribution in [0.3, 0.4) is 0 Å². The minimum atomic E-state index is -4.73. The number of carbonyl (C=O) groups excluding carboxylic acids is 2. The molecule has 1 aromatic heterocycles. The molecule has 0 bridgehead atoms. The van der Waals surface area contributed by atoms with Crippen LogP contribution in [0.15, 0.2) is 59.1 Å². The van der Waals surface area contributed by atoms with Crippen molar-refractivity contribution < 1.29 is 32.1 Å². The van der Waals surface area contributed by atoms with Crippen LogP contribution in [0.5, 0.6) is 0 Å². The fourth-order valence-electron chi connectivity index (χ4n) is 2.57. The van der Waals surface area contributed by atoms with E-state index < -0.39 is 23.9 Å². The Morgan fingerprint density at radius 1 is 1.06 bits per heavy atom. The second-order valence-corrected chi connectivity index (χ2v) is 6.31. The molecular formula is C20H17F3N4O4. The Hall–Kier alpha value is -3.73. The highest BCUT2D eigenvalue weighted by atomic mass is 19.4. The standard InChI is InChI=1S/C20H17F3N4O4/c1-30-27(18(29)17(28)24-11-13-5-3-2-4-6-13)12-14-7-9-15(10-8-14)16-25-19(31-26-16)20(21,22)23/h2-10H,11-12H2,1H3,(H,24,28). The number of hydroxylamine groups is 2. The van der Waals surface area contributed by atoms with Crippen LogP contribution in [-0.2, 0) is 33.7 Å². The van der Waals surface area contributed by atoms with E-state index in [1.54, 1.807) is 12.1 Å². The van der Waals surface area contributed by atoms with Crippen LogP contribution in [0.4, 0.5) is 13.2 Å². The van der Waals surface area contributed by atoms with E-state index in [4.69, 9.17) is 4.84 Å². The van der Waals surface area contributed by atoms with Gasteiger partial charge in [-0.15, -0.1) is 0 Å². The molecule has 0 aliphatic carbocycles. The predicted octanol–water partition coefficient (Wildman–Crippen LogP) is 2.96. The van der Waals surface area contributed by atoms with Crippen molar-refractivity contribution in [3.63, 3.8) is 0 Å². The van der Waals surface area contributed by atoms with Gasteiger partial charge in [0.15, 0.2) is 0 Å². The lowest BCUT2D eigenvalue weighted by atomic mass is 10.1. The number of hydrogen-bond acceptors (Lipinski definition) is 6. The molecule has 1 heterocycles. The number of hydrogen-bond donors (Lipinski definition) is 1. The Kier molecular flexibility index (Phi) is 6.65. The van der Waals surface area contributed by atoms with Gasteiger partial charge in [0, 0.05) is 12.1 Å². The summed E-state index contributed by atoms with van der Waals surface area (Å²) in [5.74, 6) is -3.40. The molecular weight excluding hydrogens is 417 g/mol. The maximum Gasteiger partial charge on any atom is 0.471 e. The van der Waals surface area contributed by atoms with Crippen molar-refractivity contribution in [2.45, 2.75) is 19.3 Å². The van der Waals surface area contributed by atoms with Crippen molar-refractivity contribution >= 4 is 11.8 Å². The molecule has 8 nitrogen and oxygen atoms in total. The molecule has 31 heavy (non-hydrogen) atoms. The third-order valence-electron chi connectivity index (χ3n) is 4.14. The minimum absolute atomic E-state index is 0.0611. The quantitative estimate of drug-likeness (QED) is 0.473. The van der Waals surface area contributed by atoms with Crippen LogP contribution in [0.2, 0.25) is 0 Å². The molecule has 11 heteroatoms. The lowest BCUT2D eigenvalue weighted by Gasteiger charge is -2.19. The summed E-state index contributed by atoms with van der Waals surface area (Å²) in [7, 11) is 1.24. The summed E-state index contributed by atoms with van der Waals surface area (Å²) in [5.41, 5.74) is 1.69. The lowest BCUT2D eigenvalue weighted by Crippen LogP contribution is -2.41. The van der Waals surface area contributed by atoms with E-state index in [-0.39, 0.29) is 18.9 Å². The number of benzene rings is 2. The normalized spacial score (nSPS) is 11.2. The van der Waals surface area contributed by atoms with E-state index in [1.807, 2.05) is 30.3 Å². The average Bonchev–Trinajstić information content (AvgIpc) is 3.27.